The van der Waals surface area contributed by atoms with E-state index in [1.54, 1.807) is 43.3 Å². The third-order valence-electron chi connectivity index (χ3n) is 20.3. The number of benzene rings is 8. The van der Waals surface area contributed by atoms with Gasteiger partial charge in [0.25, 0.3) is 5.69 Å². The van der Waals surface area contributed by atoms with Crippen molar-refractivity contribution in [2.24, 2.45) is 53.1 Å². The second kappa shape index (κ2) is 58.1. The van der Waals surface area contributed by atoms with Gasteiger partial charge in [-0.1, -0.05) is 248 Å². The number of non-ortho nitro benzene ring substituents is 1. The average Bonchev–Trinajstić information content (AvgIpc) is 1.61. The number of cyclic esters (lactones) is 2. The Bertz CT molecular complexity index is 4770. The van der Waals surface area contributed by atoms with Crippen molar-refractivity contribution in [1.29, 1.82) is 0 Å². The number of aliphatic hydroxyl groups is 2. The molecule has 5 atom stereocenters. The molecule has 26 heteroatoms. The number of aliphatic carboxylic acids is 1. The van der Waals surface area contributed by atoms with Gasteiger partial charge in [0, 0.05) is 87.9 Å². The number of ketones is 4. The minimum atomic E-state index is -0.902. The maximum atomic E-state index is 13.1. The lowest BCUT2D eigenvalue weighted by molar-refractivity contribution is -0.384. The number of fused-ring (bicyclic) bond motifs is 3. The third-order valence-corrected chi connectivity index (χ3v) is 20.3. The Morgan fingerprint density at radius 3 is 1.14 bits per heavy atom. The number of carbonyl (C=O) groups is 11. The molecule has 1 fully saturated rings. The summed E-state index contributed by atoms with van der Waals surface area (Å²) in [7, 11) is 0. The van der Waals surface area contributed by atoms with E-state index in [0.717, 1.165) is 86.1 Å². The van der Waals surface area contributed by atoms with E-state index in [1.807, 2.05) is 151 Å². The van der Waals surface area contributed by atoms with Crippen LogP contribution in [-0.2, 0) is 126 Å². The number of nitro groups is 1. The second-order valence-corrected chi connectivity index (χ2v) is 34.4. The Morgan fingerprint density at radius 2 is 0.791 bits per heavy atom. The van der Waals surface area contributed by atoms with Crippen LogP contribution in [-0.4, -0.2) is 104 Å². The van der Waals surface area contributed by atoms with Crippen LogP contribution >= 0.6 is 0 Å². The van der Waals surface area contributed by atoms with Gasteiger partial charge in [-0.05, 0) is 165 Å². The van der Waals surface area contributed by atoms with E-state index >= 15 is 0 Å². The fourth-order valence-corrected chi connectivity index (χ4v) is 13.6. The molecule has 8 aromatic carbocycles. The molecule has 0 radical (unpaired) electrons. The molecule has 26 nitrogen and oxygen atoms in total. The maximum absolute atomic E-state index is 13.1. The largest absolute Gasteiger partial charge is 0.514 e. The quantitative estimate of drug-likeness (QED) is 0.00404. The normalized spacial score (nSPS) is 12.8. The number of Topliss-reactive ketones (excluding diaryl/α,β-unsaturated/α-hetero) is 4. The molecule has 0 spiro atoms. The third kappa shape index (κ3) is 44.3. The number of nitrogens with two attached hydrogens (primary N) is 2. The van der Waals surface area contributed by atoms with Gasteiger partial charge in [0.05, 0.1) is 36.1 Å². The zero-order valence-electron chi connectivity index (χ0n) is 77.3. The van der Waals surface area contributed by atoms with Gasteiger partial charge in [0.1, 0.15) is 43.7 Å². The van der Waals surface area contributed by atoms with Gasteiger partial charge in [-0.25, -0.2) is 9.59 Å². The van der Waals surface area contributed by atoms with Crippen LogP contribution in [0.2, 0.25) is 0 Å². The Balaban J connectivity index is 0.000000337. The molecule has 8 N–H and O–H groups in total. The number of rotatable bonds is 36. The molecule has 1 heterocycles. The number of esters is 4. The molecule has 0 bridgehead atoms. The summed E-state index contributed by atoms with van der Waals surface area (Å²) >= 11 is 0. The highest BCUT2D eigenvalue weighted by molar-refractivity contribution is 5.90. The van der Waals surface area contributed by atoms with Crippen molar-refractivity contribution in [3.8, 4) is 16.9 Å². The highest BCUT2D eigenvalue weighted by Crippen LogP contribution is 2.44. The summed E-state index contributed by atoms with van der Waals surface area (Å²) < 4.78 is 29.8. The molecular formula is C103H132N4O22. The fraction of sp³-hybridized carbons (Fsp3) is 0.427. The molecule has 1 saturated heterocycles. The Kier molecular flexibility index (Phi) is 49.1. The van der Waals surface area contributed by atoms with Crippen molar-refractivity contribution in [2.45, 2.75) is 232 Å². The number of nitrogens with one attached hydrogen (secondary N) is 1. The molecule has 0 aromatic heterocycles. The summed E-state index contributed by atoms with van der Waals surface area (Å²) in [6.07, 6.45) is 5.21. The van der Waals surface area contributed by atoms with Gasteiger partial charge in [-0.15, -0.1) is 0 Å². The number of nitrogens with zero attached hydrogens (tertiary/aromatic N) is 1. The number of hydrogen-bond donors (Lipinski definition) is 6. The summed E-state index contributed by atoms with van der Waals surface area (Å²) in [6, 6.07) is 57.3. The lowest BCUT2D eigenvalue weighted by Crippen LogP contribution is -2.43. The summed E-state index contributed by atoms with van der Waals surface area (Å²) in [5, 5.41) is 39.4. The van der Waals surface area contributed by atoms with Crippen molar-refractivity contribution >= 4 is 76.6 Å². The Hall–Kier alpha value is -12.4. The maximum Gasteiger partial charge on any atom is 0.514 e. The molecular weight excluding hydrogens is 1650 g/mol. The molecule has 696 valence electrons. The molecule has 2 aliphatic rings. The topological polar surface area (TPSA) is 411 Å². The van der Waals surface area contributed by atoms with E-state index in [2.05, 4.69) is 75.9 Å². The van der Waals surface area contributed by atoms with Crippen LogP contribution in [0.1, 0.15) is 222 Å². The molecule has 0 saturated carbocycles. The molecule has 10 rings (SSSR count). The minimum Gasteiger partial charge on any atom is -0.481 e. The SMILES string of the molecule is CC(=O)OCc1ccc(CC(=O)[C@@H](N)CC(C)C)cc1.CC(=O)OCc1ccc(CC(=O)[C@H](CC(C)C)NC(=O)OCC2c3ccccc3-c3ccccc32)cc1.CC(C)C[C@H](C)C(=O)Cc1ccc(CO)cc1.CC(C)C[C@H](C)C(=O)Cc1ccc(COC(=O)Oc2ccc([N+](=O)[O-])cc2)cc1.CC(C)C[C@H](C)C(=O)O.Nc1ccc(CO)cc1.O=C1CCCC(=O)O1. The molecule has 0 unspecified atom stereocenters. The van der Waals surface area contributed by atoms with Crippen LogP contribution in [0.4, 0.5) is 21.0 Å². The van der Waals surface area contributed by atoms with E-state index in [9.17, 15) is 62.9 Å². The van der Waals surface area contributed by atoms with Crippen LogP contribution in [0, 0.1) is 57.5 Å². The monoisotopic (exact) mass is 1780 g/mol. The number of hydrogen-bond acceptors (Lipinski definition) is 23. The Morgan fingerprint density at radius 1 is 0.442 bits per heavy atom. The summed E-state index contributed by atoms with van der Waals surface area (Å²) in [5.74, 6) is 0.657. The van der Waals surface area contributed by atoms with E-state index in [4.69, 9.17) is 50.5 Å². The van der Waals surface area contributed by atoms with Crippen LogP contribution in [0.15, 0.2) is 194 Å². The predicted octanol–water partition coefficient (Wildman–Crippen LogP) is 18.9. The van der Waals surface area contributed by atoms with Gasteiger partial charge in [0.2, 0.25) is 0 Å². The zero-order chi connectivity index (χ0) is 95.8. The highest BCUT2D eigenvalue weighted by Gasteiger charge is 2.31. The van der Waals surface area contributed by atoms with Crippen LogP contribution in [0.5, 0.6) is 5.75 Å². The predicted molar refractivity (Wildman–Crippen MR) is 495 cm³/mol. The van der Waals surface area contributed by atoms with Gasteiger partial charge >= 0.3 is 42.1 Å². The number of nitro benzene ring substituents is 1. The van der Waals surface area contributed by atoms with Crippen LogP contribution < -0.4 is 21.5 Å². The lowest BCUT2D eigenvalue weighted by Gasteiger charge is -2.21. The summed E-state index contributed by atoms with van der Waals surface area (Å²) in [6.45, 7) is 29.9. The number of aliphatic hydroxyl groups excluding tert-OH is 2. The number of carboxylic acids is 1. The van der Waals surface area contributed by atoms with Gasteiger partial charge in [0.15, 0.2) is 11.6 Å². The van der Waals surface area contributed by atoms with Crippen molar-refractivity contribution in [1.82, 2.24) is 5.32 Å². The molecule has 1 aliphatic heterocycles. The molecule has 1 amide bonds. The van der Waals surface area contributed by atoms with Crippen LogP contribution in [0.25, 0.3) is 11.1 Å². The first-order chi connectivity index (χ1) is 61.1. The zero-order valence-corrected chi connectivity index (χ0v) is 77.3. The standard InChI is InChI=1S/C31H33NO5.C22H25NO6.C16H23NO3.C15H22O2.C7H9NO.C7H14O2.C5H6O3/c1-20(2)16-29(30(34)17-22-12-14-23(15-13-22)18-36-21(3)33)32-31(35)37-19-28-26-10-6-4-8-24(26)25-9-5-7-11-27(25)28;1-15(2)12-16(3)21(24)13-17-4-6-18(7-5-17)14-28-22(25)29-20-10-8-19(9-11-20)23(26)27;1-11(2)8-15(17)16(19)9-13-4-6-14(7-5-13)10-20-12(3)18;1-11(2)8-12(3)15(17)9-13-4-6-14(10-16)7-5-13;8-7-3-1-6(5-9)2-4-7;1-5(2)4-6(3)7(8)9;6-4-2-1-3-5(7)8-4/h4-15,20,28-29H,16-19H2,1-3H3,(H,32,35);4-11,15-16H,12-14H2,1-3H3;4-7,11,15H,8-10,17H2,1-3H3;4-7,11-12,16H,8-10H2,1-3H3;1-4,9H,5,8H2;5-6H,4H2,1-3H3,(H,8,9);1-3H2/t29-;16-;15-;12-;;6-;/m0000.0./s1. The van der Waals surface area contributed by atoms with Crippen molar-refractivity contribution in [2.75, 3.05) is 12.3 Å². The fourth-order valence-electron chi connectivity index (χ4n) is 13.6. The summed E-state index contributed by atoms with van der Waals surface area (Å²) in [4.78, 5) is 136. The van der Waals surface area contributed by atoms with E-state index in [0.29, 0.717) is 80.8 Å². The minimum absolute atomic E-state index is 0.0177. The number of alkyl carbamates (subject to hydrolysis) is 1. The van der Waals surface area contributed by atoms with E-state index < -0.39 is 35.2 Å². The van der Waals surface area contributed by atoms with Crippen molar-refractivity contribution in [3.05, 3.63) is 265 Å². The van der Waals surface area contributed by atoms with Crippen molar-refractivity contribution in [3.63, 3.8) is 0 Å². The molecule has 1 aliphatic carbocycles. The second-order valence-electron chi connectivity index (χ2n) is 34.4. The number of carboxylic acid groups (broad SMARTS) is 1. The number of amides is 1. The first kappa shape index (κ1) is 109. The molecule has 129 heavy (non-hydrogen) atoms. The first-order valence-electron chi connectivity index (χ1n) is 43.8. The van der Waals surface area contributed by atoms with E-state index in [1.165, 1.54) is 49.2 Å². The number of ether oxygens (including phenoxy) is 6. The summed E-state index contributed by atoms with van der Waals surface area (Å²) in [5.41, 5.74) is 24.5. The average molecular weight is 1780 g/mol. The smallest absolute Gasteiger partial charge is 0.481 e. The van der Waals surface area contributed by atoms with E-state index in [-0.39, 0.29) is 128 Å². The van der Waals surface area contributed by atoms with Crippen molar-refractivity contribution < 1.29 is 101 Å². The van der Waals surface area contributed by atoms with Gasteiger partial charge in [-0.2, -0.15) is 0 Å². The molecule has 8 aromatic rings. The Labute approximate surface area is 759 Å². The van der Waals surface area contributed by atoms with Crippen LogP contribution in [0.3, 0.4) is 0 Å². The number of anilines is 1. The highest BCUT2D eigenvalue weighted by atomic mass is 16.7. The first-order valence-corrected chi connectivity index (χ1v) is 43.8. The lowest BCUT2D eigenvalue weighted by atomic mass is 9.91. The van der Waals surface area contributed by atoms with Gasteiger partial charge in [-0.3, -0.25) is 53.3 Å². The number of carbonyl (C=O) groups excluding carboxylic acids is 10. The van der Waals surface area contributed by atoms with Gasteiger partial charge < -0.3 is 60.5 Å². The number of nitrogen functional groups attached to an aromatic ring is 1.